The van der Waals surface area contributed by atoms with Crippen molar-refractivity contribution >= 4 is 23.9 Å². The summed E-state index contributed by atoms with van der Waals surface area (Å²) < 4.78 is 18.5. The van der Waals surface area contributed by atoms with Crippen molar-refractivity contribution in [3.8, 4) is 0 Å². The van der Waals surface area contributed by atoms with E-state index in [1.54, 1.807) is 7.05 Å². The summed E-state index contributed by atoms with van der Waals surface area (Å²) >= 11 is 1.30. The maximum absolute atomic E-state index is 12.5. The number of nitrogens with one attached hydrogen (secondary N) is 1. The fourth-order valence-corrected chi connectivity index (χ4v) is 5.42. The number of carbonyl (C=O) groups is 1. The van der Waals surface area contributed by atoms with Crippen molar-refractivity contribution < 1.29 is 14.1 Å². The Bertz CT molecular complexity index is 275. The van der Waals surface area contributed by atoms with E-state index in [0.29, 0.717) is 0 Å². The van der Waals surface area contributed by atoms with E-state index in [4.69, 9.17) is 4.74 Å². The van der Waals surface area contributed by atoms with E-state index < -0.39 is 6.65 Å². The number of carbonyl (C=O) groups excluding carboxylic acids is 1. The maximum Gasteiger partial charge on any atom is 0.294 e. The summed E-state index contributed by atoms with van der Waals surface area (Å²) in [5, 5.41) is 2.98. The molecule has 2 unspecified atom stereocenters. The number of hydrogen-bond donors (Lipinski definition) is 1. The van der Waals surface area contributed by atoms with Crippen molar-refractivity contribution in [1.29, 1.82) is 0 Å². The zero-order chi connectivity index (χ0) is 12.8. The van der Waals surface area contributed by atoms with Gasteiger partial charge in [0.15, 0.2) is 0 Å². The molecule has 1 amide bonds. The van der Waals surface area contributed by atoms with E-state index in [2.05, 4.69) is 5.09 Å². The second kappa shape index (κ2) is 7.33. The number of nitrogens with zero attached hydrogens (tertiary/aromatic N) is 1. The van der Waals surface area contributed by atoms with Crippen molar-refractivity contribution in [3.05, 3.63) is 0 Å². The van der Waals surface area contributed by atoms with Crippen LogP contribution in [0.25, 0.3) is 0 Å². The highest BCUT2D eigenvalue weighted by atomic mass is 32.7. The van der Waals surface area contributed by atoms with Crippen LogP contribution in [0.1, 0.15) is 20.3 Å². The minimum atomic E-state index is -2.88. The zero-order valence-electron chi connectivity index (χ0n) is 10.5. The molecule has 1 N–H and O–H groups in total. The Balaban J connectivity index is 4.68. The van der Waals surface area contributed by atoms with Crippen LogP contribution in [0.2, 0.25) is 0 Å². The molecule has 0 bridgehead atoms. The minimum absolute atomic E-state index is 0.0523. The molecule has 0 aliphatic rings. The molecule has 0 aromatic heterocycles. The van der Waals surface area contributed by atoms with Gasteiger partial charge in [0, 0.05) is 19.4 Å². The molecule has 16 heavy (non-hydrogen) atoms. The summed E-state index contributed by atoms with van der Waals surface area (Å²) in [6.45, 7) is 1.08. The number of amides is 1. The fraction of sp³-hybridized carbons (Fsp3) is 0.889. The van der Waals surface area contributed by atoms with Gasteiger partial charge >= 0.3 is 0 Å². The van der Waals surface area contributed by atoms with Crippen LogP contribution in [0.5, 0.6) is 0 Å². The normalized spacial score (nSPS) is 16.6. The van der Waals surface area contributed by atoms with Crippen molar-refractivity contribution in [1.82, 2.24) is 9.76 Å². The molecule has 0 aromatic carbocycles. The molecule has 0 aliphatic carbocycles. The van der Waals surface area contributed by atoms with Crippen LogP contribution < -0.4 is 5.09 Å². The van der Waals surface area contributed by atoms with Gasteiger partial charge < -0.3 is 4.74 Å². The molecule has 0 radical (unpaired) electrons. The molecule has 0 fully saturated rings. The van der Waals surface area contributed by atoms with Gasteiger partial charge in [0.2, 0.25) is 0 Å². The lowest BCUT2D eigenvalue weighted by molar-refractivity contribution is -0.129. The SMILES string of the molecule is CCC(C)SP(=O)(NC)N(C)C(=O)COC. The molecule has 0 saturated heterocycles. The average Bonchev–Trinajstić information content (AvgIpc) is 2.27. The number of rotatable bonds is 7. The molecular weight excluding hydrogens is 247 g/mol. The number of ether oxygens (including phenoxy) is 1. The standard InChI is InChI=1S/C9H21N2O3PS/c1-6-8(2)16-15(13,10-3)11(4)9(12)7-14-5/h8H,6-7H2,1-5H3,(H,10,13). The van der Waals surface area contributed by atoms with Gasteiger partial charge in [-0.25, -0.2) is 5.09 Å². The van der Waals surface area contributed by atoms with E-state index in [-0.39, 0.29) is 17.8 Å². The van der Waals surface area contributed by atoms with Crippen LogP contribution in [-0.2, 0) is 14.1 Å². The van der Waals surface area contributed by atoms with Gasteiger partial charge in [-0.05, 0) is 13.5 Å². The Morgan fingerprint density at radius 3 is 2.56 bits per heavy atom. The summed E-state index contributed by atoms with van der Waals surface area (Å²) in [4.78, 5) is 11.6. The van der Waals surface area contributed by atoms with Gasteiger partial charge in [0.1, 0.15) is 6.61 Å². The first-order chi connectivity index (χ1) is 7.41. The third-order valence-corrected chi connectivity index (χ3v) is 7.98. The Morgan fingerprint density at radius 1 is 1.62 bits per heavy atom. The second-order valence-corrected chi connectivity index (χ2v) is 8.64. The highest BCUT2D eigenvalue weighted by Crippen LogP contribution is 2.58. The smallest absolute Gasteiger partial charge is 0.294 e. The molecule has 7 heteroatoms. The molecule has 5 nitrogen and oxygen atoms in total. The van der Waals surface area contributed by atoms with E-state index in [0.717, 1.165) is 6.42 Å². The average molecular weight is 268 g/mol. The van der Waals surface area contributed by atoms with Crippen LogP contribution in [0.4, 0.5) is 0 Å². The minimum Gasteiger partial charge on any atom is -0.375 e. The monoisotopic (exact) mass is 268 g/mol. The van der Waals surface area contributed by atoms with E-state index in [1.165, 1.54) is 30.2 Å². The molecular formula is C9H21N2O3PS. The molecule has 0 spiro atoms. The first-order valence-corrected chi connectivity index (χ1v) is 8.29. The quantitative estimate of drug-likeness (QED) is 0.715. The molecule has 0 aromatic rings. The van der Waals surface area contributed by atoms with E-state index in [9.17, 15) is 9.36 Å². The van der Waals surface area contributed by atoms with Gasteiger partial charge in [-0.1, -0.05) is 25.2 Å². The van der Waals surface area contributed by atoms with E-state index >= 15 is 0 Å². The largest absolute Gasteiger partial charge is 0.375 e. The number of methoxy groups -OCH3 is 1. The molecule has 0 aliphatic heterocycles. The van der Waals surface area contributed by atoms with Crippen molar-refractivity contribution in [3.63, 3.8) is 0 Å². The van der Waals surface area contributed by atoms with Crippen molar-refractivity contribution in [2.24, 2.45) is 0 Å². The lowest BCUT2D eigenvalue weighted by Gasteiger charge is -2.28. The van der Waals surface area contributed by atoms with Gasteiger partial charge in [-0.3, -0.25) is 14.0 Å². The zero-order valence-corrected chi connectivity index (χ0v) is 12.2. The molecule has 0 saturated carbocycles. The summed E-state index contributed by atoms with van der Waals surface area (Å²) in [6.07, 6.45) is 0.905. The third kappa shape index (κ3) is 4.45. The molecule has 0 rings (SSSR count). The van der Waals surface area contributed by atoms with Gasteiger partial charge in [0.25, 0.3) is 12.6 Å². The van der Waals surface area contributed by atoms with Crippen molar-refractivity contribution in [2.45, 2.75) is 25.5 Å². The fourth-order valence-electron chi connectivity index (χ4n) is 0.956. The van der Waals surface area contributed by atoms with Crippen LogP contribution in [0.15, 0.2) is 0 Å². The Morgan fingerprint density at radius 2 is 2.19 bits per heavy atom. The van der Waals surface area contributed by atoms with Crippen LogP contribution in [-0.4, -0.2) is 43.6 Å². The Kier molecular flexibility index (Phi) is 7.31. The third-order valence-electron chi connectivity index (χ3n) is 2.20. The highest BCUT2D eigenvalue weighted by molar-refractivity contribution is 8.57. The highest BCUT2D eigenvalue weighted by Gasteiger charge is 2.31. The predicted octanol–water partition coefficient (Wildman–Crippen LogP) is 1.95. The number of hydrogen-bond acceptors (Lipinski definition) is 4. The van der Waals surface area contributed by atoms with Crippen LogP contribution in [0.3, 0.4) is 0 Å². The molecule has 2 atom stereocenters. The lowest BCUT2D eigenvalue weighted by atomic mass is 10.4. The van der Waals surface area contributed by atoms with Gasteiger partial charge in [-0.15, -0.1) is 0 Å². The second-order valence-electron chi connectivity index (χ2n) is 3.42. The van der Waals surface area contributed by atoms with Crippen molar-refractivity contribution in [2.75, 3.05) is 27.8 Å². The van der Waals surface area contributed by atoms with Gasteiger partial charge in [-0.2, -0.15) is 0 Å². The maximum atomic E-state index is 12.5. The molecule has 96 valence electrons. The summed E-state index contributed by atoms with van der Waals surface area (Å²) in [7, 11) is 4.58. The van der Waals surface area contributed by atoms with Crippen LogP contribution in [0, 0.1) is 0 Å². The Hall–Kier alpha value is -0.0300. The lowest BCUT2D eigenvalue weighted by Crippen LogP contribution is -2.30. The summed E-state index contributed by atoms with van der Waals surface area (Å²) in [6, 6.07) is 0. The number of likely N-dealkylation sites (N-methyl/N-ethyl adjacent to an activating group) is 1. The predicted molar refractivity (Wildman–Crippen MR) is 68.7 cm³/mol. The Labute approximate surface area is 102 Å². The van der Waals surface area contributed by atoms with Gasteiger partial charge in [0.05, 0.1) is 0 Å². The first kappa shape index (κ1) is 16.0. The summed E-state index contributed by atoms with van der Waals surface area (Å²) in [5.74, 6) is -0.281. The summed E-state index contributed by atoms with van der Waals surface area (Å²) in [5.41, 5.74) is 0. The first-order valence-electron chi connectivity index (χ1n) is 5.14. The van der Waals surface area contributed by atoms with Crippen LogP contribution >= 0.6 is 18.0 Å². The molecule has 0 heterocycles. The van der Waals surface area contributed by atoms with E-state index in [1.807, 2.05) is 13.8 Å². The topological polar surface area (TPSA) is 58.6 Å².